The molecule has 0 aromatic carbocycles. The normalized spacial score (nSPS) is 19.6. The fourth-order valence-corrected chi connectivity index (χ4v) is 3.88. The Morgan fingerprint density at radius 2 is 1.68 bits per heavy atom. The zero-order valence-electron chi connectivity index (χ0n) is 17.4. The van der Waals surface area contributed by atoms with Gasteiger partial charge in [0.25, 0.3) is 0 Å². The number of hydrogen-bond donors (Lipinski definition) is 0. The lowest BCUT2D eigenvalue weighted by Gasteiger charge is -2.22. The Morgan fingerprint density at radius 1 is 1.07 bits per heavy atom. The van der Waals surface area contributed by atoms with E-state index >= 15 is 0 Å². The monoisotopic (exact) mass is 396 g/mol. The summed E-state index contributed by atoms with van der Waals surface area (Å²) in [5.74, 6) is -1.77. The molecule has 0 heterocycles. The number of unbranched alkanes of at least 4 members (excludes halogenated alkanes) is 4. The van der Waals surface area contributed by atoms with E-state index in [9.17, 15) is 19.2 Å². The minimum Gasteiger partial charge on any atom is -0.468 e. The Morgan fingerprint density at radius 3 is 2.18 bits per heavy atom. The highest BCUT2D eigenvalue weighted by atomic mass is 16.5. The number of esters is 3. The molecule has 0 amide bonds. The van der Waals surface area contributed by atoms with Gasteiger partial charge in [-0.1, -0.05) is 32.6 Å². The zero-order valence-corrected chi connectivity index (χ0v) is 17.4. The van der Waals surface area contributed by atoms with Crippen molar-refractivity contribution in [1.29, 1.82) is 0 Å². The Bertz CT molecular complexity index is 590. The van der Waals surface area contributed by atoms with Gasteiger partial charge < -0.3 is 19.0 Å². The van der Waals surface area contributed by atoms with Crippen LogP contribution in [-0.2, 0) is 33.4 Å². The number of ether oxygens (including phenoxy) is 3. The van der Waals surface area contributed by atoms with E-state index in [-0.39, 0.29) is 25.2 Å². The molecule has 0 bridgehead atoms. The van der Waals surface area contributed by atoms with Crippen LogP contribution in [-0.4, -0.2) is 38.4 Å². The van der Waals surface area contributed by atoms with Crippen molar-refractivity contribution in [1.82, 2.24) is 0 Å². The fourth-order valence-electron chi connectivity index (χ4n) is 3.88. The standard InChI is InChI=1S/C21H32O7/c1-5-6-7-8-9-10-18(28-15(2)23)17-14-21(19(24)26-3,20(25)27-4)13-16(17)11-12-22/h12,16H,5-11,13-14H2,1-4H3/b18-17+. The van der Waals surface area contributed by atoms with Crippen LogP contribution in [0.2, 0.25) is 0 Å². The first kappa shape index (κ1) is 23.9. The number of hydrogen-bond acceptors (Lipinski definition) is 7. The number of carbonyl (C=O) groups is 4. The number of carbonyl (C=O) groups excluding carboxylic acids is 4. The summed E-state index contributed by atoms with van der Waals surface area (Å²) in [6, 6.07) is 0. The van der Waals surface area contributed by atoms with Crippen molar-refractivity contribution in [2.45, 2.75) is 71.6 Å². The summed E-state index contributed by atoms with van der Waals surface area (Å²) in [7, 11) is 2.42. The minimum absolute atomic E-state index is 0.0302. The van der Waals surface area contributed by atoms with E-state index in [0.29, 0.717) is 17.8 Å². The van der Waals surface area contributed by atoms with Crippen LogP contribution in [0.1, 0.15) is 71.6 Å². The molecule has 0 aromatic rings. The number of allylic oxidation sites excluding steroid dienone is 2. The first-order valence-corrected chi connectivity index (χ1v) is 9.87. The molecule has 0 saturated heterocycles. The van der Waals surface area contributed by atoms with Gasteiger partial charge in [-0.05, 0) is 30.8 Å². The average molecular weight is 396 g/mol. The van der Waals surface area contributed by atoms with Crippen LogP contribution in [0.5, 0.6) is 0 Å². The molecule has 7 heteroatoms. The molecule has 0 N–H and O–H groups in total. The molecule has 0 aliphatic heterocycles. The van der Waals surface area contributed by atoms with Crippen molar-refractivity contribution in [3.05, 3.63) is 11.3 Å². The molecule has 1 fully saturated rings. The van der Waals surface area contributed by atoms with Crippen molar-refractivity contribution in [3.63, 3.8) is 0 Å². The first-order chi connectivity index (χ1) is 13.4. The number of aldehydes is 1. The summed E-state index contributed by atoms with van der Waals surface area (Å²) >= 11 is 0. The van der Waals surface area contributed by atoms with Crippen LogP contribution < -0.4 is 0 Å². The molecule has 158 valence electrons. The molecular weight excluding hydrogens is 364 g/mol. The van der Waals surface area contributed by atoms with Crippen LogP contribution in [0.3, 0.4) is 0 Å². The van der Waals surface area contributed by atoms with Gasteiger partial charge in [-0.2, -0.15) is 0 Å². The third-order valence-electron chi connectivity index (χ3n) is 5.25. The molecule has 1 aliphatic rings. The van der Waals surface area contributed by atoms with Crippen LogP contribution in [0.25, 0.3) is 0 Å². The van der Waals surface area contributed by atoms with Crippen LogP contribution in [0.15, 0.2) is 11.3 Å². The molecule has 1 atom stereocenters. The van der Waals surface area contributed by atoms with E-state index in [1.54, 1.807) is 0 Å². The zero-order chi connectivity index (χ0) is 21.2. The smallest absolute Gasteiger partial charge is 0.323 e. The lowest BCUT2D eigenvalue weighted by molar-refractivity contribution is -0.168. The second-order valence-corrected chi connectivity index (χ2v) is 7.25. The maximum absolute atomic E-state index is 12.5. The van der Waals surface area contributed by atoms with Crippen molar-refractivity contribution in [2.24, 2.45) is 11.3 Å². The van der Waals surface area contributed by atoms with Gasteiger partial charge in [-0.15, -0.1) is 0 Å². The number of methoxy groups -OCH3 is 2. The summed E-state index contributed by atoms with van der Waals surface area (Å²) in [5.41, 5.74) is -0.853. The van der Waals surface area contributed by atoms with Gasteiger partial charge in [-0.25, -0.2) is 0 Å². The second kappa shape index (κ2) is 11.6. The summed E-state index contributed by atoms with van der Waals surface area (Å²) < 4.78 is 15.2. The van der Waals surface area contributed by atoms with Gasteiger partial charge in [0, 0.05) is 19.8 Å². The predicted octanol–water partition coefficient (Wildman–Crippen LogP) is 3.50. The molecule has 7 nitrogen and oxygen atoms in total. The SMILES string of the molecule is CCCCCCC/C(OC(C)=O)=C1/CC(C(=O)OC)(C(=O)OC)CC1CC=O. The van der Waals surface area contributed by atoms with Crippen molar-refractivity contribution < 1.29 is 33.4 Å². The topological polar surface area (TPSA) is 96.0 Å². The van der Waals surface area contributed by atoms with E-state index in [4.69, 9.17) is 14.2 Å². The molecule has 1 saturated carbocycles. The highest BCUT2D eigenvalue weighted by Crippen LogP contribution is 2.50. The quantitative estimate of drug-likeness (QED) is 0.132. The molecule has 28 heavy (non-hydrogen) atoms. The van der Waals surface area contributed by atoms with Gasteiger partial charge in [0.2, 0.25) is 0 Å². The average Bonchev–Trinajstić information content (AvgIpc) is 3.06. The minimum atomic E-state index is -1.51. The summed E-state index contributed by atoms with van der Waals surface area (Å²) in [4.78, 5) is 47.8. The van der Waals surface area contributed by atoms with Crippen molar-refractivity contribution >= 4 is 24.2 Å². The Kier molecular flexibility index (Phi) is 9.90. The van der Waals surface area contributed by atoms with Crippen LogP contribution >= 0.6 is 0 Å². The Balaban J connectivity index is 3.24. The van der Waals surface area contributed by atoms with Gasteiger partial charge in [0.05, 0.1) is 14.2 Å². The highest BCUT2D eigenvalue weighted by Gasteiger charge is 2.56. The highest BCUT2D eigenvalue weighted by molar-refractivity contribution is 6.01. The van der Waals surface area contributed by atoms with Gasteiger partial charge >= 0.3 is 17.9 Å². The van der Waals surface area contributed by atoms with Gasteiger partial charge in [-0.3, -0.25) is 14.4 Å². The number of rotatable bonds is 11. The third kappa shape index (κ3) is 5.91. The van der Waals surface area contributed by atoms with E-state index in [2.05, 4.69) is 6.92 Å². The maximum Gasteiger partial charge on any atom is 0.323 e. The Labute approximate surface area is 166 Å². The van der Waals surface area contributed by atoms with Gasteiger partial charge in [0.1, 0.15) is 12.0 Å². The van der Waals surface area contributed by atoms with E-state index in [0.717, 1.165) is 38.4 Å². The van der Waals surface area contributed by atoms with Crippen LogP contribution in [0, 0.1) is 11.3 Å². The van der Waals surface area contributed by atoms with Crippen LogP contribution in [0.4, 0.5) is 0 Å². The summed E-state index contributed by atoms with van der Waals surface area (Å²) in [6.07, 6.45) is 6.70. The predicted molar refractivity (Wildman–Crippen MR) is 102 cm³/mol. The lowest BCUT2D eigenvalue weighted by Crippen LogP contribution is -2.39. The molecule has 0 radical (unpaired) electrons. The lowest BCUT2D eigenvalue weighted by atomic mass is 9.85. The molecule has 0 aromatic heterocycles. The maximum atomic E-state index is 12.5. The third-order valence-corrected chi connectivity index (χ3v) is 5.25. The van der Waals surface area contributed by atoms with E-state index < -0.39 is 23.3 Å². The summed E-state index contributed by atoms with van der Waals surface area (Å²) in [5, 5.41) is 0. The first-order valence-electron chi connectivity index (χ1n) is 9.87. The summed E-state index contributed by atoms with van der Waals surface area (Å²) in [6.45, 7) is 3.45. The van der Waals surface area contributed by atoms with E-state index in [1.165, 1.54) is 21.1 Å². The molecule has 1 aliphatic carbocycles. The van der Waals surface area contributed by atoms with Crippen molar-refractivity contribution in [3.8, 4) is 0 Å². The van der Waals surface area contributed by atoms with Gasteiger partial charge in [0.15, 0.2) is 5.41 Å². The molecule has 1 unspecified atom stereocenters. The fraction of sp³-hybridized carbons (Fsp3) is 0.714. The molecule has 1 rings (SSSR count). The van der Waals surface area contributed by atoms with Crippen molar-refractivity contribution in [2.75, 3.05) is 14.2 Å². The molecular formula is C21H32O7. The second-order valence-electron chi connectivity index (χ2n) is 7.25. The largest absolute Gasteiger partial charge is 0.468 e. The Hall–Kier alpha value is -2.18. The van der Waals surface area contributed by atoms with E-state index in [1.807, 2.05) is 0 Å². The molecule has 0 spiro atoms.